The molecule has 18 heavy (non-hydrogen) atoms. The molecule has 0 saturated carbocycles. The van der Waals surface area contributed by atoms with Crippen LogP contribution in [0, 0.1) is 0 Å². The number of hydrogen-bond acceptors (Lipinski definition) is 2. The van der Waals surface area contributed by atoms with Crippen molar-refractivity contribution < 1.29 is 4.79 Å². The Labute approximate surface area is 115 Å². The first-order valence-corrected chi connectivity index (χ1v) is 6.02. The zero-order chi connectivity index (χ0) is 13.1. The molecule has 0 radical (unpaired) electrons. The summed E-state index contributed by atoms with van der Waals surface area (Å²) >= 11 is 11.6. The second-order valence-electron chi connectivity index (χ2n) is 3.85. The number of aryl methyl sites for hydroxylation is 1. The highest BCUT2D eigenvalue weighted by Crippen LogP contribution is 2.18. The molecule has 1 N–H and O–H groups in total. The van der Waals surface area contributed by atoms with Gasteiger partial charge >= 0.3 is 0 Å². The number of hydrogen-bond donors (Lipinski definition) is 1. The SMILES string of the molecule is Cn1ccc(CNC(=O)c2cc(Cl)ncc2Cl)c1. The van der Waals surface area contributed by atoms with Gasteiger partial charge in [0.1, 0.15) is 5.15 Å². The largest absolute Gasteiger partial charge is 0.357 e. The van der Waals surface area contributed by atoms with Crippen molar-refractivity contribution in [2.24, 2.45) is 7.05 Å². The van der Waals surface area contributed by atoms with Crippen LogP contribution in [-0.2, 0) is 13.6 Å². The average molecular weight is 284 g/mol. The highest BCUT2D eigenvalue weighted by molar-refractivity contribution is 6.35. The number of aromatic nitrogens is 2. The number of halogens is 2. The molecule has 94 valence electrons. The van der Waals surface area contributed by atoms with Crippen LogP contribution in [0.3, 0.4) is 0 Å². The molecule has 0 bridgehead atoms. The van der Waals surface area contributed by atoms with Crippen LogP contribution < -0.4 is 5.32 Å². The minimum Gasteiger partial charge on any atom is -0.357 e. The highest BCUT2D eigenvalue weighted by Gasteiger charge is 2.11. The van der Waals surface area contributed by atoms with Crippen molar-refractivity contribution in [2.75, 3.05) is 0 Å². The summed E-state index contributed by atoms with van der Waals surface area (Å²) in [6, 6.07) is 3.38. The first kappa shape index (κ1) is 12.9. The molecule has 4 nitrogen and oxygen atoms in total. The van der Waals surface area contributed by atoms with E-state index in [1.807, 2.05) is 30.1 Å². The molecule has 0 fully saturated rings. The van der Waals surface area contributed by atoms with Gasteiger partial charge in [-0.1, -0.05) is 23.2 Å². The van der Waals surface area contributed by atoms with Gasteiger partial charge in [0, 0.05) is 32.2 Å². The molecule has 2 aromatic rings. The second-order valence-corrected chi connectivity index (χ2v) is 4.65. The van der Waals surface area contributed by atoms with Crippen molar-refractivity contribution in [3.63, 3.8) is 0 Å². The Bertz CT molecular complexity index is 580. The van der Waals surface area contributed by atoms with Crippen molar-refractivity contribution in [1.29, 1.82) is 0 Å². The van der Waals surface area contributed by atoms with Crippen molar-refractivity contribution in [2.45, 2.75) is 6.54 Å². The van der Waals surface area contributed by atoms with Crippen LogP contribution in [0.2, 0.25) is 10.2 Å². The van der Waals surface area contributed by atoms with E-state index in [2.05, 4.69) is 10.3 Å². The van der Waals surface area contributed by atoms with Crippen LogP contribution in [0.4, 0.5) is 0 Å². The monoisotopic (exact) mass is 283 g/mol. The van der Waals surface area contributed by atoms with E-state index in [4.69, 9.17) is 23.2 Å². The normalized spacial score (nSPS) is 10.4. The fourth-order valence-electron chi connectivity index (χ4n) is 1.53. The van der Waals surface area contributed by atoms with Crippen LogP contribution in [0.25, 0.3) is 0 Å². The maximum absolute atomic E-state index is 11.9. The Morgan fingerprint density at radius 2 is 2.28 bits per heavy atom. The molecule has 1 amide bonds. The molecule has 0 unspecified atom stereocenters. The summed E-state index contributed by atoms with van der Waals surface area (Å²) in [5.41, 5.74) is 1.34. The van der Waals surface area contributed by atoms with Crippen LogP contribution in [0.15, 0.2) is 30.7 Å². The van der Waals surface area contributed by atoms with Crippen LogP contribution in [0.1, 0.15) is 15.9 Å². The van der Waals surface area contributed by atoms with Crippen LogP contribution in [0.5, 0.6) is 0 Å². The fraction of sp³-hybridized carbons (Fsp3) is 0.167. The molecule has 0 atom stereocenters. The molecular weight excluding hydrogens is 273 g/mol. The van der Waals surface area contributed by atoms with Crippen LogP contribution in [-0.4, -0.2) is 15.5 Å². The van der Waals surface area contributed by atoms with Gasteiger partial charge in [0.25, 0.3) is 5.91 Å². The standard InChI is InChI=1S/C12H11Cl2N3O/c1-17-3-2-8(7-17)5-16-12(18)9-4-11(14)15-6-10(9)13/h2-4,6-7H,5H2,1H3,(H,16,18). The van der Waals surface area contributed by atoms with Gasteiger partial charge < -0.3 is 9.88 Å². The summed E-state index contributed by atoms with van der Waals surface area (Å²) in [6.07, 6.45) is 5.21. The maximum Gasteiger partial charge on any atom is 0.253 e. The summed E-state index contributed by atoms with van der Waals surface area (Å²) in [5, 5.41) is 3.30. The number of nitrogens with one attached hydrogen (secondary N) is 1. The molecule has 0 aliphatic heterocycles. The summed E-state index contributed by atoms with van der Waals surface area (Å²) in [4.78, 5) is 15.7. The molecule has 0 saturated heterocycles. The van der Waals surface area contributed by atoms with E-state index in [0.29, 0.717) is 12.1 Å². The smallest absolute Gasteiger partial charge is 0.253 e. The molecule has 0 aliphatic rings. The number of amides is 1. The third-order valence-corrected chi connectivity index (χ3v) is 2.92. The summed E-state index contributed by atoms with van der Waals surface area (Å²) in [5.74, 6) is -0.270. The summed E-state index contributed by atoms with van der Waals surface area (Å²) in [7, 11) is 1.92. The molecule has 0 aliphatic carbocycles. The van der Waals surface area contributed by atoms with E-state index < -0.39 is 0 Å². The first-order valence-electron chi connectivity index (χ1n) is 5.26. The van der Waals surface area contributed by atoms with E-state index >= 15 is 0 Å². The molecule has 0 aromatic carbocycles. The number of carbonyl (C=O) groups excluding carboxylic acids is 1. The van der Waals surface area contributed by atoms with Crippen molar-refractivity contribution in [3.8, 4) is 0 Å². The molecular formula is C12H11Cl2N3O. The summed E-state index contributed by atoms with van der Waals surface area (Å²) in [6.45, 7) is 0.440. The van der Waals surface area contributed by atoms with Gasteiger partial charge in [0.05, 0.1) is 10.6 Å². The van der Waals surface area contributed by atoms with E-state index in [0.717, 1.165) is 5.56 Å². The number of pyridine rings is 1. The third-order valence-electron chi connectivity index (χ3n) is 2.41. The van der Waals surface area contributed by atoms with Crippen molar-refractivity contribution >= 4 is 29.1 Å². The van der Waals surface area contributed by atoms with Gasteiger partial charge in [-0.05, 0) is 17.7 Å². The summed E-state index contributed by atoms with van der Waals surface area (Å²) < 4.78 is 1.91. The van der Waals surface area contributed by atoms with Gasteiger partial charge in [-0.15, -0.1) is 0 Å². The number of rotatable bonds is 3. The Kier molecular flexibility index (Phi) is 3.89. The molecule has 2 rings (SSSR count). The number of carbonyl (C=O) groups is 1. The molecule has 0 spiro atoms. The third kappa shape index (κ3) is 3.03. The molecule has 2 heterocycles. The van der Waals surface area contributed by atoms with Crippen molar-refractivity contribution in [1.82, 2.24) is 14.9 Å². The lowest BCUT2D eigenvalue weighted by molar-refractivity contribution is 0.0951. The number of nitrogens with zero attached hydrogens (tertiary/aromatic N) is 2. The predicted molar refractivity (Wildman–Crippen MR) is 70.8 cm³/mol. The second kappa shape index (κ2) is 5.42. The minimum atomic E-state index is -0.270. The van der Waals surface area contributed by atoms with E-state index in [9.17, 15) is 4.79 Å². The van der Waals surface area contributed by atoms with Gasteiger partial charge in [-0.25, -0.2) is 4.98 Å². The van der Waals surface area contributed by atoms with E-state index in [1.165, 1.54) is 12.3 Å². The Morgan fingerprint density at radius 1 is 1.50 bits per heavy atom. The maximum atomic E-state index is 11.9. The first-order chi connectivity index (χ1) is 8.56. The van der Waals surface area contributed by atoms with E-state index in [1.54, 1.807) is 0 Å². The molecule has 2 aromatic heterocycles. The zero-order valence-electron chi connectivity index (χ0n) is 9.65. The minimum absolute atomic E-state index is 0.240. The van der Waals surface area contributed by atoms with Gasteiger partial charge in [0.15, 0.2) is 0 Å². The lowest BCUT2D eigenvalue weighted by Gasteiger charge is -2.05. The zero-order valence-corrected chi connectivity index (χ0v) is 11.2. The highest BCUT2D eigenvalue weighted by atomic mass is 35.5. The Morgan fingerprint density at radius 3 is 2.94 bits per heavy atom. The fourth-order valence-corrected chi connectivity index (χ4v) is 1.88. The topological polar surface area (TPSA) is 46.9 Å². The lowest BCUT2D eigenvalue weighted by Crippen LogP contribution is -2.23. The van der Waals surface area contributed by atoms with E-state index in [-0.39, 0.29) is 16.1 Å². The average Bonchev–Trinajstić information content (AvgIpc) is 2.75. The lowest BCUT2D eigenvalue weighted by atomic mass is 10.2. The Hall–Kier alpha value is -1.52. The molecule has 6 heteroatoms. The van der Waals surface area contributed by atoms with Crippen molar-refractivity contribution in [3.05, 3.63) is 52.0 Å². The van der Waals surface area contributed by atoms with Gasteiger partial charge in [-0.2, -0.15) is 0 Å². The van der Waals surface area contributed by atoms with Gasteiger partial charge in [0.2, 0.25) is 0 Å². The predicted octanol–water partition coefficient (Wildman–Crippen LogP) is 2.66. The Balaban J connectivity index is 2.05. The van der Waals surface area contributed by atoms with Crippen LogP contribution >= 0.6 is 23.2 Å². The quantitative estimate of drug-likeness (QED) is 0.881. The van der Waals surface area contributed by atoms with Gasteiger partial charge in [-0.3, -0.25) is 4.79 Å².